The van der Waals surface area contributed by atoms with Crippen molar-refractivity contribution in [1.29, 1.82) is 0 Å². The second-order valence-corrected chi connectivity index (χ2v) is 4.60. The third-order valence-corrected chi connectivity index (χ3v) is 3.43. The van der Waals surface area contributed by atoms with E-state index < -0.39 is 0 Å². The lowest BCUT2D eigenvalue weighted by molar-refractivity contribution is 0.129. The van der Waals surface area contributed by atoms with Crippen LogP contribution < -0.4 is 5.32 Å². The topological polar surface area (TPSA) is 46.5 Å². The van der Waals surface area contributed by atoms with E-state index in [-0.39, 0.29) is 0 Å². The highest BCUT2D eigenvalue weighted by Crippen LogP contribution is 2.21. The van der Waals surface area contributed by atoms with Crippen molar-refractivity contribution in [3.63, 3.8) is 0 Å². The summed E-state index contributed by atoms with van der Waals surface area (Å²) in [5.74, 6) is 0. The minimum atomic E-state index is 0.353. The van der Waals surface area contributed by atoms with Crippen molar-refractivity contribution in [2.45, 2.75) is 19.4 Å². The van der Waals surface area contributed by atoms with Gasteiger partial charge in [0.05, 0.1) is 5.69 Å². The molecule has 1 aliphatic rings. The van der Waals surface area contributed by atoms with Crippen LogP contribution in [0.25, 0.3) is 0 Å². The Kier molecular flexibility index (Phi) is 3.82. The highest BCUT2D eigenvalue weighted by molar-refractivity contribution is 7.11. The van der Waals surface area contributed by atoms with Crippen LogP contribution in [0.3, 0.4) is 0 Å². The first-order valence-corrected chi connectivity index (χ1v) is 5.90. The number of thiazole rings is 1. The van der Waals surface area contributed by atoms with Gasteiger partial charge in [0.25, 0.3) is 0 Å². The summed E-state index contributed by atoms with van der Waals surface area (Å²) in [7, 11) is 0. The van der Waals surface area contributed by atoms with Crippen molar-refractivity contribution in [3.8, 4) is 0 Å². The molecule has 1 N–H and O–H groups in total. The van der Waals surface area contributed by atoms with Crippen LogP contribution in [0, 0.1) is 0 Å². The molecule has 2 rings (SSSR count). The number of hydrogen-bond acceptors (Lipinski definition) is 5. The molecule has 0 bridgehead atoms. The van der Waals surface area contributed by atoms with Gasteiger partial charge in [0, 0.05) is 24.4 Å². The van der Waals surface area contributed by atoms with Gasteiger partial charge in [-0.1, -0.05) is 0 Å². The first kappa shape index (κ1) is 10.7. The van der Waals surface area contributed by atoms with Crippen LogP contribution in [-0.2, 0) is 24.2 Å². The summed E-state index contributed by atoms with van der Waals surface area (Å²) in [5, 5.41) is 4.42. The van der Waals surface area contributed by atoms with Gasteiger partial charge in [-0.25, -0.2) is 4.98 Å². The number of ether oxygens (including phenoxy) is 1. The van der Waals surface area contributed by atoms with E-state index in [0.29, 0.717) is 13.3 Å². The third-order valence-electron chi connectivity index (χ3n) is 2.30. The largest absolute Gasteiger partial charge is 0.352 e. The maximum Gasteiger partial charge on any atom is 0.137 e. The van der Waals surface area contributed by atoms with E-state index >= 15 is 0 Å². The van der Waals surface area contributed by atoms with Crippen molar-refractivity contribution in [2.75, 3.05) is 19.8 Å². The molecule has 0 unspecified atom stereocenters. The maximum absolute atomic E-state index is 5.28. The standard InChI is InChI=1S/C10H15N3OS/c1-11-7-14-6-10-13-8-2-4-12-5-3-9(8)15-10/h12H,1-7H2. The average molecular weight is 225 g/mol. The summed E-state index contributed by atoms with van der Waals surface area (Å²) in [6.07, 6.45) is 2.12. The Morgan fingerprint density at radius 3 is 3.20 bits per heavy atom. The summed E-state index contributed by atoms with van der Waals surface area (Å²) in [6, 6.07) is 0. The zero-order valence-electron chi connectivity index (χ0n) is 8.66. The normalized spacial score (nSPS) is 15.7. The smallest absolute Gasteiger partial charge is 0.137 e. The molecule has 0 saturated heterocycles. The van der Waals surface area contributed by atoms with Gasteiger partial charge in [0.1, 0.15) is 18.3 Å². The second kappa shape index (κ2) is 5.34. The van der Waals surface area contributed by atoms with Gasteiger partial charge in [-0.3, -0.25) is 4.99 Å². The number of hydrogen-bond donors (Lipinski definition) is 1. The second-order valence-electron chi connectivity index (χ2n) is 3.43. The van der Waals surface area contributed by atoms with Crippen LogP contribution in [0.5, 0.6) is 0 Å². The summed E-state index contributed by atoms with van der Waals surface area (Å²) in [6.45, 7) is 6.37. The monoisotopic (exact) mass is 225 g/mol. The molecule has 0 amide bonds. The first-order valence-electron chi connectivity index (χ1n) is 5.08. The molecule has 0 spiro atoms. The number of aromatic nitrogens is 1. The number of nitrogens with zero attached hydrogens (tertiary/aromatic N) is 2. The maximum atomic E-state index is 5.28. The Morgan fingerprint density at radius 2 is 2.33 bits per heavy atom. The van der Waals surface area contributed by atoms with Gasteiger partial charge in [-0.2, -0.15) is 0 Å². The lowest BCUT2D eigenvalue weighted by Crippen LogP contribution is -2.16. The number of rotatable bonds is 4. The van der Waals surface area contributed by atoms with Crippen molar-refractivity contribution < 1.29 is 4.74 Å². The molecule has 5 heteroatoms. The quantitative estimate of drug-likeness (QED) is 0.614. The van der Waals surface area contributed by atoms with Gasteiger partial charge in [-0.05, 0) is 13.1 Å². The molecule has 1 aliphatic heterocycles. The van der Waals surface area contributed by atoms with E-state index in [2.05, 4.69) is 22.0 Å². The molecular formula is C10H15N3OS. The highest BCUT2D eigenvalue weighted by Gasteiger charge is 2.13. The van der Waals surface area contributed by atoms with Crippen LogP contribution in [-0.4, -0.2) is 31.5 Å². The van der Waals surface area contributed by atoms with Gasteiger partial charge < -0.3 is 10.1 Å². The summed E-state index contributed by atoms with van der Waals surface area (Å²) in [4.78, 5) is 9.62. The Hall–Kier alpha value is -0.780. The fourth-order valence-electron chi connectivity index (χ4n) is 1.62. The van der Waals surface area contributed by atoms with Crippen LogP contribution in [0.1, 0.15) is 15.6 Å². The molecule has 4 nitrogen and oxygen atoms in total. The molecule has 15 heavy (non-hydrogen) atoms. The summed E-state index contributed by atoms with van der Waals surface area (Å²) < 4.78 is 5.28. The first-order chi connectivity index (χ1) is 7.40. The van der Waals surface area contributed by atoms with Crippen molar-refractivity contribution in [2.24, 2.45) is 4.99 Å². The number of aliphatic imine (C=N–C) groups is 1. The number of nitrogens with one attached hydrogen (secondary N) is 1. The molecule has 1 aromatic rings. The van der Waals surface area contributed by atoms with Gasteiger partial charge in [0.15, 0.2) is 0 Å². The fraction of sp³-hybridized carbons (Fsp3) is 0.600. The van der Waals surface area contributed by atoms with E-state index in [1.807, 2.05) is 0 Å². The minimum absolute atomic E-state index is 0.353. The zero-order valence-corrected chi connectivity index (χ0v) is 9.48. The van der Waals surface area contributed by atoms with Crippen molar-refractivity contribution in [1.82, 2.24) is 10.3 Å². The van der Waals surface area contributed by atoms with E-state index in [9.17, 15) is 0 Å². The lowest BCUT2D eigenvalue weighted by Gasteiger charge is -1.97. The van der Waals surface area contributed by atoms with Crippen molar-refractivity contribution >= 4 is 18.1 Å². The Balaban J connectivity index is 1.98. The van der Waals surface area contributed by atoms with Crippen LogP contribution in [0.2, 0.25) is 0 Å². The Labute approximate surface area is 93.4 Å². The van der Waals surface area contributed by atoms with Gasteiger partial charge in [0.2, 0.25) is 0 Å². The molecule has 0 radical (unpaired) electrons. The van der Waals surface area contributed by atoms with Gasteiger partial charge >= 0.3 is 0 Å². The van der Waals surface area contributed by atoms with E-state index in [1.165, 1.54) is 10.6 Å². The molecule has 0 fully saturated rings. The van der Waals surface area contributed by atoms with E-state index in [0.717, 1.165) is 30.9 Å². The zero-order chi connectivity index (χ0) is 10.5. The van der Waals surface area contributed by atoms with Crippen LogP contribution >= 0.6 is 11.3 Å². The fourth-order valence-corrected chi connectivity index (χ4v) is 2.67. The summed E-state index contributed by atoms with van der Waals surface area (Å²) in [5.41, 5.74) is 1.25. The molecule has 0 aromatic carbocycles. The third kappa shape index (κ3) is 2.84. The molecule has 82 valence electrons. The summed E-state index contributed by atoms with van der Waals surface area (Å²) >= 11 is 1.76. The van der Waals surface area contributed by atoms with Crippen molar-refractivity contribution in [3.05, 3.63) is 15.6 Å². The molecule has 2 heterocycles. The van der Waals surface area contributed by atoms with Crippen LogP contribution in [0.15, 0.2) is 4.99 Å². The highest BCUT2D eigenvalue weighted by atomic mass is 32.1. The predicted octanol–water partition coefficient (Wildman–Crippen LogP) is 1.01. The Bertz CT molecular complexity index is 314. The molecule has 0 aliphatic carbocycles. The van der Waals surface area contributed by atoms with Crippen LogP contribution in [0.4, 0.5) is 0 Å². The van der Waals surface area contributed by atoms with E-state index in [4.69, 9.17) is 4.74 Å². The van der Waals surface area contributed by atoms with E-state index in [1.54, 1.807) is 11.3 Å². The predicted molar refractivity (Wildman–Crippen MR) is 61.6 cm³/mol. The molecular weight excluding hydrogens is 210 g/mol. The average Bonchev–Trinajstić information content (AvgIpc) is 2.49. The SMILES string of the molecule is C=NCOCc1nc2c(s1)CCNCC2. The Morgan fingerprint density at radius 1 is 1.47 bits per heavy atom. The molecule has 0 saturated carbocycles. The minimum Gasteiger partial charge on any atom is -0.352 e. The lowest BCUT2D eigenvalue weighted by atomic mass is 10.2. The van der Waals surface area contributed by atoms with Gasteiger partial charge in [-0.15, -0.1) is 11.3 Å². The molecule has 1 aromatic heterocycles. The number of fused-ring (bicyclic) bond motifs is 1. The molecule has 0 atom stereocenters.